The molecule has 0 heterocycles. The largest absolute Gasteiger partial charge is 0.382 e. The van der Waals surface area contributed by atoms with E-state index < -0.39 is 0 Å². The Labute approximate surface area is 103 Å². The highest BCUT2D eigenvalue weighted by Crippen LogP contribution is 2.22. The number of nitrogens with one attached hydrogen (secondary N) is 2. The molecule has 0 aromatic rings. The zero-order chi connectivity index (χ0) is 11.8. The van der Waals surface area contributed by atoms with E-state index in [0.29, 0.717) is 12.1 Å². The number of methoxy groups -OCH3 is 1. The van der Waals surface area contributed by atoms with Crippen molar-refractivity contribution in [3.05, 3.63) is 0 Å². The lowest BCUT2D eigenvalue weighted by molar-refractivity contribution is 0.0226. The molecule has 4 nitrogen and oxygen atoms in total. The highest BCUT2D eigenvalue weighted by Gasteiger charge is 2.29. The Kier molecular flexibility index (Phi) is 6.68. The van der Waals surface area contributed by atoms with Gasteiger partial charge in [0.15, 0.2) is 5.11 Å². The van der Waals surface area contributed by atoms with Gasteiger partial charge in [0.05, 0.1) is 6.10 Å². The van der Waals surface area contributed by atoms with Crippen molar-refractivity contribution in [3.63, 3.8) is 0 Å². The van der Waals surface area contributed by atoms with Crippen LogP contribution < -0.4 is 10.6 Å². The fraction of sp³-hybridized carbons (Fsp3) is 0.909. The minimum absolute atomic E-state index is 0.415. The normalized spacial score (nSPS) is 23.6. The summed E-state index contributed by atoms with van der Waals surface area (Å²) in [5.41, 5.74) is 0. The van der Waals surface area contributed by atoms with E-state index in [1.807, 2.05) is 6.92 Å². The molecule has 0 unspecified atom stereocenters. The molecule has 0 bridgehead atoms. The summed E-state index contributed by atoms with van der Waals surface area (Å²) < 4.78 is 10.4. The Morgan fingerprint density at radius 2 is 2.19 bits per heavy atom. The molecule has 16 heavy (non-hydrogen) atoms. The van der Waals surface area contributed by atoms with Crippen LogP contribution in [0.25, 0.3) is 0 Å². The van der Waals surface area contributed by atoms with E-state index in [1.54, 1.807) is 7.11 Å². The summed E-state index contributed by atoms with van der Waals surface area (Å²) in [6.07, 6.45) is 3.51. The number of rotatable bonds is 7. The van der Waals surface area contributed by atoms with Gasteiger partial charge >= 0.3 is 0 Å². The third kappa shape index (κ3) is 5.09. The zero-order valence-corrected chi connectivity index (χ0v) is 10.9. The molecule has 94 valence electrons. The van der Waals surface area contributed by atoms with Gasteiger partial charge in [-0.25, -0.2) is 0 Å². The van der Waals surface area contributed by atoms with Gasteiger partial charge in [0.25, 0.3) is 0 Å². The molecular formula is C11H22N2O2S. The van der Waals surface area contributed by atoms with Crippen molar-refractivity contribution in [2.45, 2.75) is 38.3 Å². The van der Waals surface area contributed by atoms with Crippen molar-refractivity contribution >= 4 is 17.3 Å². The van der Waals surface area contributed by atoms with E-state index in [1.165, 1.54) is 0 Å². The van der Waals surface area contributed by atoms with Crippen LogP contribution in [0.2, 0.25) is 0 Å². The first-order valence-electron chi connectivity index (χ1n) is 5.91. The molecule has 0 aromatic heterocycles. The van der Waals surface area contributed by atoms with Gasteiger partial charge < -0.3 is 20.1 Å². The summed E-state index contributed by atoms with van der Waals surface area (Å²) in [7, 11) is 1.76. The van der Waals surface area contributed by atoms with Gasteiger partial charge in [-0.05, 0) is 38.4 Å². The highest BCUT2D eigenvalue weighted by atomic mass is 32.1. The first-order chi connectivity index (χ1) is 7.76. The molecule has 1 rings (SSSR count). The molecule has 0 amide bonds. The van der Waals surface area contributed by atoms with Crippen molar-refractivity contribution in [2.24, 2.45) is 0 Å². The van der Waals surface area contributed by atoms with Gasteiger partial charge in [-0.3, -0.25) is 0 Å². The van der Waals surface area contributed by atoms with Crippen LogP contribution in [-0.2, 0) is 9.47 Å². The van der Waals surface area contributed by atoms with Gasteiger partial charge in [0, 0.05) is 32.9 Å². The molecule has 5 heteroatoms. The second-order valence-corrected chi connectivity index (χ2v) is 4.39. The lowest BCUT2D eigenvalue weighted by atomic mass is 9.89. The molecule has 0 atom stereocenters. The fourth-order valence-electron chi connectivity index (χ4n) is 1.63. The average molecular weight is 246 g/mol. The second-order valence-electron chi connectivity index (χ2n) is 3.98. The van der Waals surface area contributed by atoms with E-state index in [0.717, 1.165) is 44.1 Å². The smallest absolute Gasteiger partial charge is 0.166 e. The van der Waals surface area contributed by atoms with Crippen LogP contribution in [0.15, 0.2) is 0 Å². The maximum atomic E-state index is 5.24. The molecule has 0 radical (unpaired) electrons. The molecule has 0 saturated heterocycles. The second kappa shape index (κ2) is 7.81. The van der Waals surface area contributed by atoms with Crippen molar-refractivity contribution < 1.29 is 9.47 Å². The van der Waals surface area contributed by atoms with Crippen LogP contribution >= 0.6 is 12.2 Å². The Morgan fingerprint density at radius 1 is 1.44 bits per heavy atom. The van der Waals surface area contributed by atoms with Crippen LogP contribution in [0.5, 0.6) is 0 Å². The molecule has 1 aliphatic rings. The van der Waals surface area contributed by atoms with Gasteiger partial charge in [-0.15, -0.1) is 0 Å². The topological polar surface area (TPSA) is 42.5 Å². The first kappa shape index (κ1) is 13.7. The minimum Gasteiger partial charge on any atom is -0.382 e. The average Bonchev–Trinajstić information content (AvgIpc) is 2.22. The van der Waals surface area contributed by atoms with Crippen LogP contribution in [-0.4, -0.2) is 44.1 Å². The predicted octanol–water partition coefficient (Wildman–Crippen LogP) is 1.05. The van der Waals surface area contributed by atoms with Gasteiger partial charge in [-0.2, -0.15) is 0 Å². The Morgan fingerprint density at radius 3 is 2.81 bits per heavy atom. The number of hydrogen-bond acceptors (Lipinski definition) is 3. The highest BCUT2D eigenvalue weighted by molar-refractivity contribution is 7.80. The lowest BCUT2D eigenvalue weighted by Gasteiger charge is -2.35. The van der Waals surface area contributed by atoms with Crippen molar-refractivity contribution in [2.75, 3.05) is 26.9 Å². The predicted molar refractivity (Wildman–Crippen MR) is 68.7 cm³/mol. The molecule has 0 aromatic carbocycles. The summed E-state index contributed by atoms with van der Waals surface area (Å²) >= 11 is 5.18. The Bertz CT molecular complexity index is 208. The minimum atomic E-state index is 0.415. The van der Waals surface area contributed by atoms with E-state index in [9.17, 15) is 0 Å². The summed E-state index contributed by atoms with van der Waals surface area (Å²) in [6.45, 7) is 4.44. The molecular weight excluding hydrogens is 224 g/mol. The van der Waals surface area contributed by atoms with Crippen LogP contribution in [0.4, 0.5) is 0 Å². The van der Waals surface area contributed by atoms with Crippen molar-refractivity contribution in [1.29, 1.82) is 0 Å². The van der Waals surface area contributed by atoms with E-state index in [2.05, 4.69) is 10.6 Å². The van der Waals surface area contributed by atoms with Gasteiger partial charge in [0.2, 0.25) is 0 Å². The molecule has 1 fully saturated rings. The monoisotopic (exact) mass is 246 g/mol. The number of hydrogen-bond donors (Lipinski definition) is 2. The van der Waals surface area contributed by atoms with Gasteiger partial charge in [0.1, 0.15) is 0 Å². The molecule has 2 N–H and O–H groups in total. The molecule has 1 saturated carbocycles. The van der Waals surface area contributed by atoms with Gasteiger partial charge in [-0.1, -0.05) is 0 Å². The van der Waals surface area contributed by atoms with Crippen LogP contribution in [0.3, 0.4) is 0 Å². The number of ether oxygens (including phenoxy) is 2. The first-order valence-corrected chi connectivity index (χ1v) is 6.32. The standard InChI is InChI=1S/C11H22N2O2S/c1-3-15-6-4-5-12-11(16)13-9-7-10(8-9)14-2/h9-10H,3-8H2,1-2H3,(H2,12,13,16). The summed E-state index contributed by atoms with van der Waals surface area (Å²) in [4.78, 5) is 0. The van der Waals surface area contributed by atoms with Crippen molar-refractivity contribution in [1.82, 2.24) is 10.6 Å². The lowest BCUT2D eigenvalue weighted by Crippen LogP contribution is -2.50. The van der Waals surface area contributed by atoms with Crippen LogP contribution in [0.1, 0.15) is 26.2 Å². The van der Waals surface area contributed by atoms with Crippen LogP contribution in [0, 0.1) is 0 Å². The number of thiocarbonyl (C=S) groups is 1. The fourth-order valence-corrected chi connectivity index (χ4v) is 1.90. The Hall–Kier alpha value is -0.390. The third-order valence-electron chi connectivity index (χ3n) is 2.72. The third-order valence-corrected chi connectivity index (χ3v) is 2.98. The summed E-state index contributed by atoms with van der Waals surface area (Å²) in [5.74, 6) is 0. The van der Waals surface area contributed by atoms with E-state index >= 15 is 0 Å². The molecule has 1 aliphatic carbocycles. The Balaban J connectivity index is 1.92. The summed E-state index contributed by atoms with van der Waals surface area (Å²) in [6, 6.07) is 0.483. The summed E-state index contributed by atoms with van der Waals surface area (Å²) in [5, 5.41) is 7.19. The zero-order valence-electron chi connectivity index (χ0n) is 10.1. The molecule has 0 aliphatic heterocycles. The van der Waals surface area contributed by atoms with E-state index in [4.69, 9.17) is 21.7 Å². The SMILES string of the molecule is CCOCCCNC(=S)NC1CC(OC)C1. The quantitative estimate of drug-likeness (QED) is 0.519. The molecule has 0 spiro atoms. The maximum Gasteiger partial charge on any atom is 0.166 e. The van der Waals surface area contributed by atoms with Crippen molar-refractivity contribution in [3.8, 4) is 0 Å². The maximum absolute atomic E-state index is 5.24. The van der Waals surface area contributed by atoms with E-state index in [-0.39, 0.29) is 0 Å².